The fraction of sp³-hybridized carbons (Fsp3) is 0.754. The zero-order valence-electron chi connectivity index (χ0n) is 41.1. The van der Waals surface area contributed by atoms with Gasteiger partial charge in [0, 0.05) is 19.4 Å². The van der Waals surface area contributed by atoms with Gasteiger partial charge in [0.1, 0.15) is 6.61 Å². The molecule has 0 amide bonds. The number of rotatable bonds is 48. The minimum Gasteiger partial charge on any atom is -0.462 e. The third kappa shape index (κ3) is 50.0. The topological polar surface area (TPSA) is 61.8 Å². The average molecular weight is 865 g/mol. The first-order valence-corrected chi connectivity index (χ1v) is 26.5. The molecular weight excluding hydrogens is 765 g/mol. The Bertz CT molecular complexity index is 1110. The fourth-order valence-corrected chi connectivity index (χ4v) is 7.25. The van der Waals surface area contributed by atoms with Crippen molar-refractivity contribution in [3.8, 4) is 0 Å². The zero-order valence-corrected chi connectivity index (χ0v) is 41.1. The Morgan fingerprint density at radius 1 is 0.371 bits per heavy atom. The number of esters is 2. The number of unbranched alkanes of at least 4 members (excludes halogenated alkanes) is 25. The van der Waals surface area contributed by atoms with Crippen LogP contribution in [0.4, 0.5) is 0 Å². The first-order chi connectivity index (χ1) is 30.6. The van der Waals surface area contributed by atoms with Crippen molar-refractivity contribution < 1.29 is 23.8 Å². The second-order valence-electron chi connectivity index (χ2n) is 17.4. The van der Waals surface area contributed by atoms with Crippen LogP contribution in [0.5, 0.6) is 0 Å². The molecule has 0 saturated carbocycles. The maximum atomic E-state index is 12.8. The maximum absolute atomic E-state index is 12.8. The highest BCUT2D eigenvalue weighted by Gasteiger charge is 2.17. The van der Waals surface area contributed by atoms with Crippen molar-refractivity contribution in [3.05, 3.63) is 72.9 Å². The van der Waals surface area contributed by atoms with E-state index in [2.05, 4.69) is 93.7 Å². The first kappa shape index (κ1) is 59.3. The molecule has 62 heavy (non-hydrogen) atoms. The number of ether oxygens (including phenoxy) is 3. The summed E-state index contributed by atoms with van der Waals surface area (Å²) >= 11 is 0. The summed E-state index contributed by atoms with van der Waals surface area (Å²) < 4.78 is 17.4. The number of hydrogen-bond donors (Lipinski definition) is 0. The summed E-state index contributed by atoms with van der Waals surface area (Å²) in [5.41, 5.74) is 0. The predicted molar refractivity (Wildman–Crippen MR) is 270 cm³/mol. The van der Waals surface area contributed by atoms with Gasteiger partial charge in [-0.3, -0.25) is 9.59 Å². The van der Waals surface area contributed by atoms with Crippen LogP contribution in [0, 0.1) is 0 Å². The molecule has 0 heterocycles. The van der Waals surface area contributed by atoms with Gasteiger partial charge in [0.05, 0.1) is 6.61 Å². The molecule has 0 fully saturated rings. The molecule has 358 valence electrons. The SMILES string of the molecule is CC/C=C\C/C=C\C/C=C\CCCCCCOCC(COC(=O)CCCCCCCCC/C=C\CCCCCCCC)OC(=O)CCCCCCC/C=C\C/C=C\CCCCC. The third-order valence-electron chi connectivity index (χ3n) is 11.2. The van der Waals surface area contributed by atoms with Gasteiger partial charge in [0.15, 0.2) is 6.10 Å². The second-order valence-corrected chi connectivity index (χ2v) is 17.4. The molecule has 0 aromatic carbocycles. The van der Waals surface area contributed by atoms with Crippen LogP contribution in [0.25, 0.3) is 0 Å². The van der Waals surface area contributed by atoms with Crippen LogP contribution in [0.3, 0.4) is 0 Å². The lowest BCUT2D eigenvalue weighted by atomic mass is 10.1. The van der Waals surface area contributed by atoms with E-state index in [1.165, 1.54) is 128 Å². The molecule has 5 heteroatoms. The molecule has 0 aromatic rings. The van der Waals surface area contributed by atoms with Gasteiger partial charge in [-0.05, 0) is 109 Å². The molecule has 0 aliphatic carbocycles. The van der Waals surface area contributed by atoms with Crippen molar-refractivity contribution in [3.63, 3.8) is 0 Å². The van der Waals surface area contributed by atoms with Crippen molar-refractivity contribution in [1.29, 1.82) is 0 Å². The molecule has 0 aromatic heterocycles. The van der Waals surface area contributed by atoms with E-state index >= 15 is 0 Å². The monoisotopic (exact) mass is 865 g/mol. The average Bonchev–Trinajstić information content (AvgIpc) is 3.27. The molecule has 0 radical (unpaired) electrons. The van der Waals surface area contributed by atoms with E-state index in [-0.39, 0.29) is 25.2 Å². The number of allylic oxidation sites excluding steroid dienone is 12. The lowest BCUT2D eigenvalue weighted by Crippen LogP contribution is -2.30. The summed E-state index contributed by atoms with van der Waals surface area (Å²) in [6.45, 7) is 7.63. The van der Waals surface area contributed by atoms with Crippen LogP contribution in [0.15, 0.2) is 72.9 Å². The van der Waals surface area contributed by atoms with Crippen LogP contribution in [0.1, 0.15) is 252 Å². The van der Waals surface area contributed by atoms with E-state index in [9.17, 15) is 9.59 Å². The van der Waals surface area contributed by atoms with Crippen molar-refractivity contribution in [2.45, 2.75) is 258 Å². The zero-order chi connectivity index (χ0) is 44.9. The molecule has 0 aliphatic heterocycles. The van der Waals surface area contributed by atoms with E-state index in [4.69, 9.17) is 14.2 Å². The second kappa shape index (κ2) is 52.7. The van der Waals surface area contributed by atoms with Gasteiger partial charge in [0.2, 0.25) is 0 Å². The van der Waals surface area contributed by atoms with Gasteiger partial charge >= 0.3 is 11.9 Å². The third-order valence-corrected chi connectivity index (χ3v) is 11.2. The molecule has 0 rings (SSSR count). The highest BCUT2D eigenvalue weighted by molar-refractivity contribution is 5.70. The Hall–Kier alpha value is -2.66. The van der Waals surface area contributed by atoms with Crippen molar-refractivity contribution in [1.82, 2.24) is 0 Å². The van der Waals surface area contributed by atoms with E-state index in [0.717, 1.165) is 89.9 Å². The molecule has 0 spiro atoms. The number of carbonyl (C=O) groups is 2. The lowest BCUT2D eigenvalue weighted by molar-refractivity contribution is -0.163. The molecule has 1 atom stereocenters. The minimum absolute atomic E-state index is 0.0666. The van der Waals surface area contributed by atoms with Crippen molar-refractivity contribution in [2.75, 3.05) is 19.8 Å². The summed E-state index contributed by atoms with van der Waals surface area (Å²) in [6.07, 6.45) is 67.7. The Labute approximate surface area is 385 Å². The van der Waals surface area contributed by atoms with E-state index in [1.54, 1.807) is 0 Å². The van der Waals surface area contributed by atoms with Gasteiger partial charge in [-0.15, -0.1) is 0 Å². The Morgan fingerprint density at radius 3 is 1.21 bits per heavy atom. The normalized spacial score (nSPS) is 12.8. The smallest absolute Gasteiger partial charge is 0.306 e. The summed E-state index contributed by atoms with van der Waals surface area (Å²) in [4.78, 5) is 25.4. The molecule has 0 saturated heterocycles. The molecule has 5 nitrogen and oxygen atoms in total. The fourth-order valence-electron chi connectivity index (χ4n) is 7.25. The predicted octanol–water partition coefficient (Wildman–Crippen LogP) is 17.9. The highest BCUT2D eigenvalue weighted by atomic mass is 16.6. The molecule has 0 aliphatic rings. The van der Waals surface area contributed by atoms with Crippen LogP contribution >= 0.6 is 0 Å². The Kier molecular flexibility index (Phi) is 50.4. The van der Waals surface area contributed by atoms with Crippen molar-refractivity contribution >= 4 is 11.9 Å². The highest BCUT2D eigenvalue weighted by Crippen LogP contribution is 2.14. The van der Waals surface area contributed by atoms with Gasteiger partial charge in [-0.2, -0.15) is 0 Å². The summed E-state index contributed by atoms with van der Waals surface area (Å²) in [5, 5.41) is 0. The Balaban J connectivity index is 4.32. The molecule has 0 N–H and O–H groups in total. The summed E-state index contributed by atoms with van der Waals surface area (Å²) in [7, 11) is 0. The van der Waals surface area contributed by atoms with Gasteiger partial charge in [-0.1, -0.05) is 203 Å². The van der Waals surface area contributed by atoms with Crippen LogP contribution < -0.4 is 0 Å². The van der Waals surface area contributed by atoms with Crippen LogP contribution in [-0.2, 0) is 23.8 Å². The standard InChI is InChI=1S/C57H100O5/c1-4-7-10-13-16-19-22-25-28-29-31-32-35-38-41-44-47-50-56(58)61-54-55(53-60-52-49-46-43-40-37-34-27-24-21-18-15-12-9-6-3)62-57(59)51-48-45-42-39-36-33-30-26-23-20-17-14-11-8-5-2/h9,12,17-18,20-21,25-28,30,34,55H,4-8,10-11,13-16,19,22-24,29,31-33,35-54H2,1-3H3/b12-9-,20-17-,21-18-,28-25-,30-26-,34-27-. The van der Waals surface area contributed by atoms with Gasteiger partial charge < -0.3 is 14.2 Å². The summed E-state index contributed by atoms with van der Waals surface area (Å²) in [6, 6.07) is 0. The molecular formula is C57H100O5. The van der Waals surface area contributed by atoms with E-state index < -0.39 is 6.10 Å². The molecule has 1 unspecified atom stereocenters. The minimum atomic E-state index is -0.559. The Morgan fingerprint density at radius 2 is 0.726 bits per heavy atom. The maximum Gasteiger partial charge on any atom is 0.306 e. The first-order valence-electron chi connectivity index (χ1n) is 26.5. The largest absolute Gasteiger partial charge is 0.462 e. The van der Waals surface area contributed by atoms with Crippen molar-refractivity contribution in [2.24, 2.45) is 0 Å². The van der Waals surface area contributed by atoms with E-state index in [1.807, 2.05) is 0 Å². The van der Waals surface area contributed by atoms with Gasteiger partial charge in [-0.25, -0.2) is 0 Å². The molecule has 0 bridgehead atoms. The lowest BCUT2D eigenvalue weighted by Gasteiger charge is -2.18. The van der Waals surface area contributed by atoms with Crippen LogP contribution in [-0.4, -0.2) is 37.9 Å². The van der Waals surface area contributed by atoms with Gasteiger partial charge in [0.25, 0.3) is 0 Å². The number of hydrogen-bond acceptors (Lipinski definition) is 5. The number of carbonyl (C=O) groups excluding carboxylic acids is 2. The quantitative estimate of drug-likeness (QED) is 0.0346. The summed E-state index contributed by atoms with van der Waals surface area (Å²) in [5.74, 6) is -0.428. The van der Waals surface area contributed by atoms with E-state index in [0.29, 0.717) is 19.4 Å². The van der Waals surface area contributed by atoms with Crippen LogP contribution in [0.2, 0.25) is 0 Å².